The summed E-state index contributed by atoms with van der Waals surface area (Å²) >= 11 is 0. The number of piperidine rings is 1. The van der Waals surface area contributed by atoms with Gasteiger partial charge in [0.1, 0.15) is 5.75 Å². The molecule has 0 unspecified atom stereocenters. The predicted octanol–water partition coefficient (Wildman–Crippen LogP) is 4.39. The number of carbonyl (C=O) groups excluding carboxylic acids is 1. The van der Waals surface area contributed by atoms with E-state index in [2.05, 4.69) is 46.1 Å². The fourth-order valence-electron chi connectivity index (χ4n) is 3.54. The van der Waals surface area contributed by atoms with Crippen LogP contribution < -0.4 is 10.1 Å². The molecular weight excluding hydrogens is 374 g/mol. The normalized spacial score (nSPS) is 15.7. The minimum Gasteiger partial charge on any atom is -0.434 e. The van der Waals surface area contributed by atoms with Crippen molar-refractivity contribution in [2.75, 3.05) is 13.1 Å². The van der Waals surface area contributed by atoms with Crippen molar-refractivity contribution in [2.45, 2.75) is 39.0 Å². The SMILES string of the molecule is Cc1cccc(CN2CCC(NC(=O)/C=C/c3ccccc3OC(F)F)CC2)c1. The van der Waals surface area contributed by atoms with Crippen molar-refractivity contribution < 1.29 is 18.3 Å². The molecule has 0 radical (unpaired) electrons. The molecule has 1 heterocycles. The smallest absolute Gasteiger partial charge is 0.387 e. The number of benzene rings is 2. The number of nitrogens with zero attached hydrogens (tertiary/aromatic N) is 1. The van der Waals surface area contributed by atoms with Gasteiger partial charge in [-0.25, -0.2) is 0 Å². The number of aryl methyl sites for hydroxylation is 1. The number of rotatable bonds is 7. The van der Waals surface area contributed by atoms with E-state index in [4.69, 9.17) is 0 Å². The van der Waals surface area contributed by atoms with Crippen molar-refractivity contribution in [3.8, 4) is 5.75 Å². The van der Waals surface area contributed by atoms with Crippen molar-refractivity contribution >= 4 is 12.0 Å². The molecule has 154 valence electrons. The van der Waals surface area contributed by atoms with Gasteiger partial charge in [0.05, 0.1) is 0 Å². The van der Waals surface area contributed by atoms with Crippen molar-refractivity contribution in [1.29, 1.82) is 0 Å². The molecule has 1 aliphatic heterocycles. The van der Waals surface area contributed by atoms with Gasteiger partial charge in [0, 0.05) is 37.3 Å². The Morgan fingerprint density at radius 2 is 1.97 bits per heavy atom. The first-order valence-corrected chi connectivity index (χ1v) is 9.80. The van der Waals surface area contributed by atoms with Crippen molar-refractivity contribution in [3.63, 3.8) is 0 Å². The Balaban J connectivity index is 1.47. The third-order valence-electron chi connectivity index (χ3n) is 4.97. The molecule has 29 heavy (non-hydrogen) atoms. The second-order valence-electron chi connectivity index (χ2n) is 7.30. The highest BCUT2D eigenvalue weighted by Crippen LogP contribution is 2.21. The highest BCUT2D eigenvalue weighted by molar-refractivity contribution is 5.92. The number of likely N-dealkylation sites (tertiary alicyclic amines) is 1. The van der Waals surface area contributed by atoms with Gasteiger partial charge in [0.25, 0.3) is 0 Å². The summed E-state index contributed by atoms with van der Waals surface area (Å²) in [7, 11) is 0. The van der Waals surface area contributed by atoms with Crippen LogP contribution in [0.2, 0.25) is 0 Å². The molecule has 0 aromatic heterocycles. The van der Waals surface area contributed by atoms with Crippen LogP contribution in [0, 0.1) is 6.92 Å². The molecule has 2 aromatic carbocycles. The minimum atomic E-state index is -2.90. The number of nitrogens with one attached hydrogen (secondary N) is 1. The maximum atomic E-state index is 12.5. The van der Waals surface area contributed by atoms with E-state index < -0.39 is 6.61 Å². The van der Waals surface area contributed by atoms with Crippen LogP contribution in [0.3, 0.4) is 0 Å². The van der Waals surface area contributed by atoms with Crippen LogP contribution in [0.25, 0.3) is 6.08 Å². The number of hydrogen-bond acceptors (Lipinski definition) is 3. The summed E-state index contributed by atoms with van der Waals surface area (Å²) in [6.07, 6.45) is 4.64. The maximum Gasteiger partial charge on any atom is 0.387 e. The average Bonchev–Trinajstić information content (AvgIpc) is 2.68. The highest BCUT2D eigenvalue weighted by atomic mass is 19.3. The van der Waals surface area contributed by atoms with Gasteiger partial charge in [-0.2, -0.15) is 8.78 Å². The molecule has 1 fully saturated rings. The molecular formula is C23H26F2N2O2. The third kappa shape index (κ3) is 6.68. The van der Waals surface area contributed by atoms with E-state index in [0.29, 0.717) is 5.56 Å². The van der Waals surface area contributed by atoms with Crippen molar-refractivity contribution in [3.05, 3.63) is 71.3 Å². The summed E-state index contributed by atoms with van der Waals surface area (Å²) in [6.45, 7) is 1.96. The molecule has 1 amide bonds. The topological polar surface area (TPSA) is 41.6 Å². The van der Waals surface area contributed by atoms with Crippen LogP contribution in [-0.4, -0.2) is 36.5 Å². The van der Waals surface area contributed by atoms with Crippen LogP contribution in [0.1, 0.15) is 29.5 Å². The standard InChI is InChI=1S/C23H26F2N2O2/c1-17-5-4-6-18(15-17)16-27-13-11-20(12-14-27)26-22(28)10-9-19-7-2-3-8-21(19)29-23(24)25/h2-10,15,20,23H,11-14,16H2,1H3,(H,26,28)/b10-9+. The second-order valence-corrected chi connectivity index (χ2v) is 7.30. The fourth-order valence-corrected chi connectivity index (χ4v) is 3.54. The number of ether oxygens (including phenoxy) is 1. The summed E-state index contributed by atoms with van der Waals surface area (Å²) in [4.78, 5) is 14.6. The molecule has 2 aromatic rings. The first-order valence-electron chi connectivity index (χ1n) is 9.80. The number of carbonyl (C=O) groups is 1. The van der Waals surface area contributed by atoms with Gasteiger partial charge in [-0.1, -0.05) is 48.0 Å². The highest BCUT2D eigenvalue weighted by Gasteiger charge is 2.20. The zero-order valence-corrected chi connectivity index (χ0v) is 16.5. The molecule has 1 saturated heterocycles. The molecule has 0 bridgehead atoms. The lowest BCUT2D eigenvalue weighted by molar-refractivity contribution is -0.117. The van der Waals surface area contributed by atoms with Gasteiger partial charge < -0.3 is 10.1 Å². The van der Waals surface area contributed by atoms with Gasteiger partial charge in [-0.05, 0) is 37.5 Å². The van der Waals surface area contributed by atoms with E-state index in [9.17, 15) is 13.6 Å². The third-order valence-corrected chi connectivity index (χ3v) is 4.97. The summed E-state index contributed by atoms with van der Waals surface area (Å²) in [5.41, 5.74) is 3.01. The molecule has 6 heteroatoms. The lowest BCUT2D eigenvalue weighted by atomic mass is 10.0. The summed E-state index contributed by atoms with van der Waals surface area (Å²) in [5, 5.41) is 3.00. The zero-order valence-electron chi connectivity index (χ0n) is 16.5. The van der Waals surface area contributed by atoms with Crippen LogP contribution in [0.15, 0.2) is 54.6 Å². The Bertz CT molecular complexity index is 846. The minimum absolute atomic E-state index is 0.0519. The molecule has 0 saturated carbocycles. The predicted molar refractivity (Wildman–Crippen MR) is 110 cm³/mol. The number of para-hydroxylation sites is 1. The first kappa shape index (κ1) is 21.0. The van der Waals surface area contributed by atoms with E-state index in [1.165, 1.54) is 29.3 Å². The van der Waals surface area contributed by atoms with Crippen molar-refractivity contribution in [2.24, 2.45) is 0 Å². The number of halogens is 2. The molecule has 0 spiro atoms. The Morgan fingerprint density at radius 3 is 2.69 bits per heavy atom. The lowest BCUT2D eigenvalue weighted by Crippen LogP contribution is -2.43. The maximum absolute atomic E-state index is 12.5. The lowest BCUT2D eigenvalue weighted by Gasteiger charge is -2.32. The molecule has 3 rings (SSSR count). The molecule has 1 aliphatic rings. The van der Waals surface area contributed by atoms with Gasteiger partial charge >= 0.3 is 6.61 Å². The van der Waals surface area contributed by atoms with Crippen molar-refractivity contribution in [1.82, 2.24) is 10.2 Å². The number of alkyl halides is 2. The van der Waals surface area contributed by atoms with E-state index in [0.717, 1.165) is 32.5 Å². The fraction of sp³-hybridized carbons (Fsp3) is 0.348. The number of amides is 1. The Hall–Kier alpha value is -2.73. The van der Waals surface area contributed by atoms with Gasteiger partial charge in [0.2, 0.25) is 5.91 Å². The van der Waals surface area contributed by atoms with E-state index in [1.807, 2.05) is 0 Å². The summed E-state index contributed by atoms with van der Waals surface area (Å²) in [6, 6.07) is 15.0. The van der Waals surface area contributed by atoms with E-state index in [1.54, 1.807) is 18.2 Å². The summed E-state index contributed by atoms with van der Waals surface area (Å²) < 4.78 is 29.4. The van der Waals surface area contributed by atoms with Crippen LogP contribution in [-0.2, 0) is 11.3 Å². The summed E-state index contributed by atoms with van der Waals surface area (Å²) in [5.74, 6) is -0.176. The van der Waals surface area contributed by atoms with Gasteiger partial charge in [0.15, 0.2) is 0 Å². The van der Waals surface area contributed by atoms with Crippen LogP contribution in [0.4, 0.5) is 8.78 Å². The largest absolute Gasteiger partial charge is 0.434 e. The van der Waals surface area contributed by atoms with Crippen LogP contribution >= 0.6 is 0 Å². The zero-order chi connectivity index (χ0) is 20.6. The van der Waals surface area contributed by atoms with Gasteiger partial charge in [-0.3, -0.25) is 9.69 Å². The quantitative estimate of drug-likeness (QED) is 0.701. The molecule has 0 atom stereocenters. The Morgan fingerprint density at radius 1 is 1.21 bits per heavy atom. The van der Waals surface area contributed by atoms with Crippen LogP contribution in [0.5, 0.6) is 5.75 Å². The Labute approximate surface area is 170 Å². The monoisotopic (exact) mass is 400 g/mol. The Kier molecular flexibility index (Phi) is 7.36. The molecule has 1 N–H and O–H groups in total. The van der Waals surface area contributed by atoms with Gasteiger partial charge in [-0.15, -0.1) is 0 Å². The second kappa shape index (κ2) is 10.2. The van der Waals surface area contributed by atoms with E-state index >= 15 is 0 Å². The molecule has 4 nitrogen and oxygen atoms in total. The first-order chi connectivity index (χ1) is 14.0. The molecule has 0 aliphatic carbocycles. The number of hydrogen-bond donors (Lipinski definition) is 1. The average molecular weight is 400 g/mol. The van der Waals surface area contributed by atoms with E-state index in [-0.39, 0.29) is 17.7 Å².